The van der Waals surface area contributed by atoms with Gasteiger partial charge in [0.05, 0.1) is 19.9 Å². The summed E-state index contributed by atoms with van der Waals surface area (Å²) in [5, 5.41) is 11.0. The number of aromatic nitrogens is 2. The molecule has 1 aliphatic rings. The summed E-state index contributed by atoms with van der Waals surface area (Å²) in [6.45, 7) is 0.649. The second-order valence-electron chi connectivity index (χ2n) is 8.56. The van der Waals surface area contributed by atoms with Gasteiger partial charge in [0.2, 0.25) is 5.91 Å². The van der Waals surface area contributed by atoms with Crippen molar-refractivity contribution in [3.8, 4) is 11.5 Å². The molecule has 1 fully saturated rings. The fourth-order valence-corrected chi connectivity index (χ4v) is 4.50. The van der Waals surface area contributed by atoms with Crippen molar-refractivity contribution < 1.29 is 14.3 Å². The van der Waals surface area contributed by atoms with E-state index < -0.39 is 0 Å². The van der Waals surface area contributed by atoms with Crippen LogP contribution in [-0.4, -0.2) is 36.9 Å². The zero-order valence-electron chi connectivity index (χ0n) is 19.7. The molecule has 0 aliphatic heterocycles. The zero-order valence-corrected chi connectivity index (χ0v) is 19.7. The van der Waals surface area contributed by atoms with E-state index in [4.69, 9.17) is 9.47 Å². The highest BCUT2D eigenvalue weighted by atomic mass is 16.5. The zero-order chi connectivity index (χ0) is 23.8. The van der Waals surface area contributed by atoms with E-state index in [1.54, 1.807) is 26.5 Å². The summed E-state index contributed by atoms with van der Waals surface area (Å²) in [4.78, 5) is 12.4. The van der Waals surface area contributed by atoms with Crippen molar-refractivity contribution in [3.63, 3.8) is 0 Å². The van der Waals surface area contributed by atoms with Crippen LogP contribution in [-0.2, 0) is 16.6 Å². The van der Waals surface area contributed by atoms with Gasteiger partial charge >= 0.3 is 0 Å². The Morgan fingerprint density at radius 3 is 2.21 bits per heavy atom. The van der Waals surface area contributed by atoms with Crippen molar-refractivity contribution in [2.45, 2.75) is 31.1 Å². The van der Waals surface area contributed by atoms with Crippen LogP contribution >= 0.6 is 0 Å². The summed E-state index contributed by atoms with van der Waals surface area (Å²) in [7, 11) is 3.34. The van der Waals surface area contributed by atoms with Gasteiger partial charge in [-0.25, -0.2) is 0 Å². The molecule has 0 spiro atoms. The number of allylic oxidation sites excluding steroid dienone is 1. The minimum atomic E-state index is -0.147. The van der Waals surface area contributed by atoms with Crippen LogP contribution in [0.3, 0.4) is 0 Å². The van der Waals surface area contributed by atoms with Gasteiger partial charge in [-0.2, -0.15) is 10.2 Å². The SMILES string of the molecule is COc1ccc(C2(c3ccc(OC)cc3)C[C@H]2C=CC(=O)NCCCCc2cccnn2)cc1. The van der Waals surface area contributed by atoms with E-state index in [0.717, 1.165) is 42.9 Å². The first-order valence-electron chi connectivity index (χ1n) is 11.7. The predicted octanol–water partition coefficient (Wildman–Crippen LogP) is 4.50. The average Bonchev–Trinajstić information content (AvgIpc) is 3.63. The number of carbonyl (C=O) groups excluding carboxylic acids is 1. The molecular weight excluding hydrogens is 426 g/mol. The van der Waals surface area contributed by atoms with Crippen molar-refractivity contribution in [2.24, 2.45) is 5.92 Å². The number of nitrogens with zero attached hydrogens (tertiary/aromatic N) is 2. The molecule has 1 aromatic heterocycles. The molecule has 0 unspecified atom stereocenters. The number of carbonyl (C=O) groups is 1. The second-order valence-corrected chi connectivity index (χ2v) is 8.56. The maximum atomic E-state index is 12.4. The number of ether oxygens (including phenoxy) is 2. The lowest BCUT2D eigenvalue weighted by molar-refractivity contribution is -0.116. The summed E-state index contributed by atoms with van der Waals surface area (Å²) >= 11 is 0. The van der Waals surface area contributed by atoms with Gasteiger partial charge in [0.1, 0.15) is 11.5 Å². The van der Waals surface area contributed by atoms with Crippen LogP contribution in [0.25, 0.3) is 0 Å². The molecule has 4 rings (SSSR count). The van der Waals surface area contributed by atoms with Crippen molar-refractivity contribution in [3.05, 3.63) is 95.8 Å². The molecule has 1 saturated carbocycles. The number of benzene rings is 2. The van der Waals surface area contributed by atoms with Crippen LogP contribution in [0.15, 0.2) is 79.0 Å². The third-order valence-electron chi connectivity index (χ3n) is 6.49. The number of unbranched alkanes of at least 4 members (excludes halogenated alkanes) is 1. The standard InChI is InChI=1S/C28H31N3O3/c1-33-25-13-8-21(9-14-25)28(22-10-15-26(34-2)16-11-22)20-23(28)12-17-27(32)29-18-4-3-6-24-7-5-19-30-31-24/h5,7-17,19,23H,3-4,6,18,20H2,1-2H3,(H,29,32)/t23-/m1/s1. The van der Waals surface area contributed by atoms with Gasteiger partial charge in [0.15, 0.2) is 0 Å². The summed E-state index contributed by atoms with van der Waals surface area (Å²) in [5.41, 5.74) is 3.28. The highest BCUT2D eigenvalue weighted by Gasteiger charge is 2.55. The Bertz CT molecular complexity index is 1050. The first-order valence-corrected chi connectivity index (χ1v) is 11.7. The average molecular weight is 458 g/mol. The maximum Gasteiger partial charge on any atom is 0.243 e. The highest BCUT2D eigenvalue weighted by Crippen LogP contribution is 2.59. The fraction of sp³-hybridized carbons (Fsp3) is 0.321. The van der Waals surface area contributed by atoms with Crippen molar-refractivity contribution in [1.82, 2.24) is 15.5 Å². The molecule has 1 N–H and O–H groups in total. The fourth-order valence-electron chi connectivity index (χ4n) is 4.50. The molecule has 0 saturated heterocycles. The molecule has 2 aromatic carbocycles. The van der Waals surface area contributed by atoms with Crippen LogP contribution in [0.2, 0.25) is 0 Å². The Morgan fingerprint density at radius 1 is 1.00 bits per heavy atom. The third-order valence-corrected chi connectivity index (χ3v) is 6.49. The summed E-state index contributed by atoms with van der Waals surface area (Å²) in [6.07, 6.45) is 9.09. The lowest BCUT2D eigenvalue weighted by atomic mass is 9.85. The van der Waals surface area contributed by atoms with Gasteiger partial charge in [0.25, 0.3) is 0 Å². The molecule has 3 aromatic rings. The number of methoxy groups -OCH3 is 2. The van der Waals surface area contributed by atoms with Gasteiger partial charge in [-0.15, -0.1) is 0 Å². The first-order chi connectivity index (χ1) is 16.7. The second kappa shape index (κ2) is 11.0. The van der Waals surface area contributed by atoms with E-state index in [1.807, 2.05) is 42.5 Å². The van der Waals surface area contributed by atoms with Crippen LogP contribution in [0, 0.1) is 5.92 Å². The number of amides is 1. The minimum absolute atomic E-state index is 0.0511. The summed E-state index contributed by atoms with van der Waals surface area (Å²) in [5.74, 6) is 1.86. The number of hydrogen-bond acceptors (Lipinski definition) is 5. The van der Waals surface area contributed by atoms with E-state index in [2.05, 4.69) is 39.8 Å². The molecule has 1 heterocycles. The third kappa shape index (κ3) is 5.45. The smallest absolute Gasteiger partial charge is 0.243 e. The van der Waals surface area contributed by atoms with Crippen LogP contribution in [0.4, 0.5) is 0 Å². The summed E-state index contributed by atoms with van der Waals surface area (Å²) < 4.78 is 10.7. The van der Waals surface area contributed by atoms with Crippen LogP contribution in [0.1, 0.15) is 36.1 Å². The minimum Gasteiger partial charge on any atom is -0.497 e. The quantitative estimate of drug-likeness (QED) is 0.339. The number of nitrogens with one attached hydrogen (secondary N) is 1. The van der Waals surface area contributed by atoms with Gasteiger partial charge in [-0.3, -0.25) is 4.79 Å². The molecule has 1 atom stereocenters. The molecule has 34 heavy (non-hydrogen) atoms. The van der Waals surface area contributed by atoms with Gasteiger partial charge < -0.3 is 14.8 Å². The van der Waals surface area contributed by atoms with Crippen molar-refractivity contribution in [2.75, 3.05) is 20.8 Å². The molecule has 1 aliphatic carbocycles. The highest BCUT2D eigenvalue weighted by molar-refractivity contribution is 5.87. The molecule has 6 nitrogen and oxygen atoms in total. The maximum absolute atomic E-state index is 12.4. The molecule has 0 bridgehead atoms. The van der Waals surface area contributed by atoms with Gasteiger partial charge in [0, 0.05) is 18.2 Å². The van der Waals surface area contributed by atoms with E-state index in [9.17, 15) is 4.79 Å². The molecular formula is C28H31N3O3. The molecule has 6 heteroatoms. The van der Waals surface area contributed by atoms with E-state index in [0.29, 0.717) is 6.54 Å². The topological polar surface area (TPSA) is 73.3 Å². The Morgan fingerprint density at radius 2 is 1.65 bits per heavy atom. The van der Waals surface area contributed by atoms with Gasteiger partial charge in [-0.05, 0) is 85.2 Å². The first kappa shape index (κ1) is 23.5. The lowest BCUT2D eigenvalue weighted by Gasteiger charge is -2.19. The Balaban J connectivity index is 1.36. The molecule has 176 valence electrons. The van der Waals surface area contributed by atoms with E-state index >= 15 is 0 Å². The molecule has 1 amide bonds. The predicted molar refractivity (Wildman–Crippen MR) is 132 cm³/mol. The van der Waals surface area contributed by atoms with Crippen molar-refractivity contribution in [1.29, 1.82) is 0 Å². The Labute approximate surface area is 201 Å². The van der Waals surface area contributed by atoms with Crippen LogP contribution < -0.4 is 14.8 Å². The monoisotopic (exact) mass is 457 g/mol. The Kier molecular flexibility index (Phi) is 7.58. The molecule has 0 radical (unpaired) electrons. The van der Waals surface area contributed by atoms with Crippen LogP contribution in [0.5, 0.6) is 11.5 Å². The Hall–Kier alpha value is -3.67. The van der Waals surface area contributed by atoms with E-state index in [-0.39, 0.29) is 17.2 Å². The van der Waals surface area contributed by atoms with Gasteiger partial charge in [-0.1, -0.05) is 30.3 Å². The number of aryl methyl sites for hydroxylation is 1. The van der Waals surface area contributed by atoms with Crippen molar-refractivity contribution >= 4 is 5.91 Å². The number of rotatable bonds is 11. The number of hydrogen-bond donors (Lipinski definition) is 1. The van der Waals surface area contributed by atoms with E-state index in [1.165, 1.54) is 11.1 Å². The largest absolute Gasteiger partial charge is 0.497 e. The normalized spacial score (nSPS) is 16.2. The summed E-state index contributed by atoms with van der Waals surface area (Å²) in [6, 6.07) is 20.3. The lowest BCUT2D eigenvalue weighted by Crippen LogP contribution is -2.22.